The SMILES string of the molecule is O=CN1CCN(c2cc(-c3ccccc3)nc(N3CCCc4ccccc43)n2)CC1. The van der Waals surface area contributed by atoms with Gasteiger partial charge in [0.15, 0.2) is 0 Å². The third kappa shape index (κ3) is 3.61. The minimum atomic E-state index is 0.718. The summed E-state index contributed by atoms with van der Waals surface area (Å²) >= 11 is 0. The fraction of sp³-hybridized carbons (Fsp3) is 0.292. The highest BCUT2D eigenvalue weighted by atomic mass is 16.1. The average Bonchev–Trinajstić information content (AvgIpc) is 2.84. The molecule has 0 atom stereocenters. The van der Waals surface area contributed by atoms with Gasteiger partial charge in [-0.15, -0.1) is 0 Å². The van der Waals surface area contributed by atoms with Crippen LogP contribution in [0.4, 0.5) is 17.5 Å². The molecule has 0 aliphatic carbocycles. The van der Waals surface area contributed by atoms with Crippen LogP contribution in [0.25, 0.3) is 11.3 Å². The minimum Gasteiger partial charge on any atom is -0.353 e. The highest BCUT2D eigenvalue weighted by molar-refractivity contribution is 5.69. The summed E-state index contributed by atoms with van der Waals surface area (Å²) in [5.41, 5.74) is 4.56. The second kappa shape index (κ2) is 8.14. The summed E-state index contributed by atoms with van der Waals surface area (Å²) in [6, 6.07) is 20.9. The molecular formula is C24H25N5O. The van der Waals surface area contributed by atoms with E-state index in [1.807, 2.05) is 23.1 Å². The molecule has 0 N–H and O–H groups in total. The Hall–Kier alpha value is -3.41. The maximum absolute atomic E-state index is 11.1. The Balaban J connectivity index is 1.57. The van der Waals surface area contributed by atoms with Crippen molar-refractivity contribution in [2.24, 2.45) is 0 Å². The lowest BCUT2D eigenvalue weighted by Crippen LogP contribution is -2.46. The number of hydrogen-bond acceptors (Lipinski definition) is 5. The van der Waals surface area contributed by atoms with Gasteiger partial charge in [-0.25, -0.2) is 4.98 Å². The van der Waals surface area contributed by atoms with E-state index in [1.165, 1.54) is 11.3 Å². The molecule has 5 rings (SSSR count). The Labute approximate surface area is 176 Å². The molecule has 6 nitrogen and oxygen atoms in total. The Morgan fingerprint density at radius 3 is 2.40 bits per heavy atom. The second-order valence-corrected chi connectivity index (χ2v) is 7.79. The summed E-state index contributed by atoms with van der Waals surface area (Å²) < 4.78 is 0. The normalized spacial score (nSPS) is 16.3. The second-order valence-electron chi connectivity index (χ2n) is 7.79. The lowest BCUT2D eigenvalue weighted by molar-refractivity contribution is -0.118. The fourth-order valence-corrected chi connectivity index (χ4v) is 4.26. The van der Waals surface area contributed by atoms with Gasteiger partial charge in [-0.3, -0.25) is 4.79 Å². The van der Waals surface area contributed by atoms with Gasteiger partial charge in [0.2, 0.25) is 12.4 Å². The maximum atomic E-state index is 11.1. The van der Waals surface area contributed by atoms with Crippen molar-refractivity contribution >= 4 is 23.9 Å². The summed E-state index contributed by atoms with van der Waals surface area (Å²) in [6.07, 6.45) is 3.11. The molecule has 0 saturated carbocycles. The number of hydrogen-bond donors (Lipinski definition) is 0. The van der Waals surface area contributed by atoms with E-state index in [1.54, 1.807) is 0 Å². The number of nitrogens with zero attached hydrogens (tertiary/aromatic N) is 5. The first-order chi connectivity index (χ1) is 14.8. The molecular weight excluding hydrogens is 374 g/mol. The first-order valence-electron chi connectivity index (χ1n) is 10.6. The summed E-state index contributed by atoms with van der Waals surface area (Å²) in [5, 5.41) is 0. The van der Waals surface area contributed by atoms with Crippen LogP contribution in [0.5, 0.6) is 0 Å². The lowest BCUT2D eigenvalue weighted by Gasteiger charge is -2.34. The molecule has 30 heavy (non-hydrogen) atoms. The third-order valence-electron chi connectivity index (χ3n) is 5.91. The Morgan fingerprint density at radius 2 is 1.60 bits per heavy atom. The zero-order chi connectivity index (χ0) is 20.3. The highest BCUT2D eigenvalue weighted by Crippen LogP contribution is 2.34. The van der Waals surface area contributed by atoms with Crippen LogP contribution >= 0.6 is 0 Å². The van der Waals surface area contributed by atoms with Crippen molar-refractivity contribution in [2.45, 2.75) is 12.8 Å². The third-order valence-corrected chi connectivity index (χ3v) is 5.91. The highest BCUT2D eigenvalue weighted by Gasteiger charge is 2.23. The van der Waals surface area contributed by atoms with Crippen LogP contribution in [0.1, 0.15) is 12.0 Å². The van der Waals surface area contributed by atoms with Crippen molar-refractivity contribution in [3.63, 3.8) is 0 Å². The van der Waals surface area contributed by atoms with Crippen molar-refractivity contribution < 1.29 is 4.79 Å². The monoisotopic (exact) mass is 399 g/mol. The van der Waals surface area contributed by atoms with E-state index in [2.05, 4.69) is 52.3 Å². The van der Waals surface area contributed by atoms with Gasteiger partial charge >= 0.3 is 0 Å². The molecule has 0 unspecified atom stereocenters. The first kappa shape index (κ1) is 18.6. The molecule has 1 fully saturated rings. The molecule has 2 aliphatic rings. The Bertz CT molecular complexity index is 1030. The number of benzene rings is 2. The number of para-hydroxylation sites is 1. The number of carbonyl (C=O) groups excluding carboxylic acids is 1. The van der Waals surface area contributed by atoms with Crippen molar-refractivity contribution in [1.29, 1.82) is 0 Å². The number of carbonyl (C=O) groups is 1. The van der Waals surface area contributed by atoms with E-state index in [4.69, 9.17) is 9.97 Å². The Morgan fingerprint density at radius 1 is 0.833 bits per heavy atom. The molecule has 1 saturated heterocycles. The molecule has 0 radical (unpaired) electrons. The smallest absolute Gasteiger partial charge is 0.232 e. The van der Waals surface area contributed by atoms with Crippen LogP contribution in [0, 0.1) is 0 Å². The van der Waals surface area contributed by atoms with Crippen LogP contribution in [-0.2, 0) is 11.2 Å². The van der Waals surface area contributed by atoms with Gasteiger partial charge in [-0.2, -0.15) is 4.98 Å². The van der Waals surface area contributed by atoms with Gasteiger partial charge in [0.05, 0.1) is 5.69 Å². The fourth-order valence-electron chi connectivity index (χ4n) is 4.26. The predicted octanol–water partition coefficient (Wildman–Crippen LogP) is 3.51. The molecule has 0 bridgehead atoms. The van der Waals surface area contributed by atoms with E-state index >= 15 is 0 Å². The maximum Gasteiger partial charge on any atom is 0.232 e. The minimum absolute atomic E-state index is 0.718. The van der Waals surface area contributed by atoms with Crippen molar-refractivity contribution in [1.82, 2.24) is 14.9 Å². The van der Waals surface area contributed by atoms with Crippen LogP contribution in [0.15, 0.2) is 60.7 Å². The van der Waals surface area contributed by atoms with Gasteiger partial charge < -0.3 is 14.7 Å². The van der Waals surface area contributed by atoms with E-state index in [9.17, 15) is 4.79 Å². The molecule has 0 spiro atoms. The number of fused-ring (bicyclic) bond motifs is 1. The summed E-state index contributed by atoms with van der Waals surface area (Å²) in [6.45, 7) is 3.90. The van der Waals surface area contributed by atoms with E-state index < -0.39 is 0 Å². The summed E-state index contributed by atoms with van der Waals surface area (Å²) in [7, 11) is 0. The quantitative estimate of drug-likeness (QED) is 0.629. The van der Waals surface area contributed by atoms with E-state index in [0.717, 1.165) is 75.0 Å². The van der Waals surface area contributed by atoms with Crippen LogP contribution in [-0.4, -0.2) is 54.0 Å². The van der Waals surface area contributed by atoms with Crippen molar-refractivity contribution in [2.75, 3.05) is 42.5 Å². The molecule has 152 valence electrons. The van der Waals surface area contributed by atoms with Gasteiger partial charge in [0, 0.05) is 50.0 Å². The first-order valence-corrected chi connectivity index (χ1v) is 10.6. The molecule has 6 heteroatoms. The molecule has 3 aromatic rings. The van der Waals surface area contributed by atoms with Crippen molar-refractivity contribution in [3.8, 4) is 11.3 Å². The van der Waals surface area contributed by atoms with E-state index in [0.29, 0.717) is 0 Å². The predicted molar refractivity (Wildman–Crippen MR) is 119 cm³/mol. The zero-order valence-corrected chi connectivity index (χ0v) is 16.9. The Kier molecular flexibility index (Phi) is 5.05. The average molecular weight is 399 g/mol. The van der Waals surface area contributed by atoms with Gasteiger partial charge in [0.25, 0.3) is 0 Å². The van der Waals surface area contributed by atoms with Gasteiger partial charge in [-0.05, 0) is 24.5 Å². The molecule has 2 aliphatic heterocycles. The molecule has 3 heterocycles. The number of amides is 1. The number of rotatable bonds is 4. The van der Waals surface area contributed by atoms with Crippen LogP contribution in [0.3, 0.4) is 0 Å². The summed E-state index contributed by atoms with van der Waals surface area (Å²) in [4.78, 5) is 27.4. The standard InChI is InChI=1S/C24H25N5O/c30-18-27-13-15-28(16-14-27)23-17-21(19-7-2-1-3-8-19)25-24(26-23)29-12-6-10-20-9-4-5-11-22(20)29/h1-5,7-9,11,17-18H,6,10,12-16H2. The van der Waals surface area contributed by atoms with Crippen LogP contribution in [0.2, 0.25) is 0 Å². The number of anilines is 3. The molecule has 1 amide bonds. The van der Waals surface area contributed by atoms with Crippen LogP contribution < -0.4 is 9.80 Å². The van der Waals surface area contributed by atoms with Gasteiger partial charge in [0.1, 0.15) is 5.82 Å². The number of piperazine rings is 1. The number of aromatic nitrogens is 2. The van der Waals surface area contributed by atoms with Gasteiger partial charge in [-0.1, -0.05) is 48.5 Å². The molecule has 2 aromatic carbocycles. The topological polar surface area (TPSA) is 52.6 Å². The zero-order valence-electron chi connectivity index (χ0n) is 16.9. The summed E-state index contributed by atoms with van der Waals surface area (Å²) in [5.74, 6) is 1.67. The van der Waals surface area contributed by atoms with E-state index in [-0.39, 0.29) is 0 Å². The lowest BCUT2D eigenvalue weighted by atomic mass is 10.0. The molecule has 1 aromatic heterocycles. The largest absolute Gasteiger partial charge is 0.353 e. The number of aryl methyl sites for hydroxylation is 1. The van der Waals surface area contributed by atoms with Crippen molar-refractivity contribution in [3.05, 3.63) is 66.2 Å².